The predicted octanol–water partition coefficient (Wildman–Crippen LogP) is 0.948. The second kappa shape index (κ2) is 6.39. The predicted molar refractivity (Wildman–Crippen MR) is 81.8 cm³/mol. The molecule has 0 spiro atoms. The molecule has 2 rings (SSSR count). The molecule has 8 nitrogen and oxygen atoms in total. The van der Waals surface area contributed by atoms with Gasteiger partial charge in [-0.15, -0.1) is 0 Å². The number of sulfonamides is 1. The Labute approximate surface area is 134 Å². The van der Waals surface area contributed by atoms with Gasteiger partial charge < -0.3 is 9.84 Å². The summed E-state index contributed by atoms with van der Waals surface area (Å²) in [4.78, 5) is 11.0. The second-order valence-corrected chi connectivity index (χ2v) is 7.00. The van der Waals surface area contributed by atoms with Crippen molar-refractivity contribution in [2.24, 2.45) is 7.05 Å². The van der Waals surface area contributed by atoms with Crippen LogP contribution in [0.2, 0.25) is 0 Å². The van der Waals surface area contributed by atoms with Crippen LogP contribution in [-0.4, -0.2) is 47.7 Å². The third-order valence-corrected chi connectivity index (χ3v) is 5.07. The largest absolute Gasteiger partial charge is 0.496 e. The van der Waals surface area contributed by atoms with Crippen LogP contribution in [0.15, 0.2) is 35.5 Å². The standard InChI is InChI=1S/C14H17N3O5S/c1-16-8-10(7-15-16)9-17(2)23(20,21)11-4-5-12(14(18)19)13(6-11)22-3/h4-8H,9H2,1-3H3,(H,18,19). The maximum atomic E-state index is 12.6. The highest BCUT2D eigenvalue weighted by molar-refractivity contribution is 7.89. The number of benzene rings is 1. The first-order chi connectivity index (χ1) is 10.8. The first-order valence-electron chi connectivity index (χ1n) is 6.61. The van der Waals surface area contributed by atoms with Gasteiger partial charge >= 0.3 is 5.97 Å². The summed E-state index contributed by atoms with van der Waals surface area (Å²) in [6.07, 6.45) is 3.31. The van der Waals surface area contributed by atoms with E-state index >= 15 is 0 Å². The molecule has 1 N–H and O–H groups in total. The summed E-state index contributed by atoms with van der Waals surface area (Å²) < 4.78 is 32.9. The van der Waals surface area contributed by atoms with E-state index in [1.165, 1.54) is 36.7 Å². The number of ether oxygens (including phenoxy) is 1. The minimum Gasteiger partial charge on any atom is -0.496 e. The number of carbonyl (C=O) groups is 1. The smallest absolute Gasteiger partial charge is 0.339 e. The maximum absolute atomic E-state index is 12.6. The number of aromatic carboxylic acids is 1. The number of rotatable bonds is 6. The van der Waals surface area contributed by atoms with Crippen molar-refractivity contribution < 1.29 is 23.1 Å². The number of nitrogens with zero attached hydrogens (tertiary/aromatic N) is 3. The number of carboxylic acids is 1. The van der Waals surface area contributed by atoms with E-state index in [2.05, 4.69) is 5.10 Å². The normalized spacial score (nSPS) is 11.7. The lowest BCUT2D eigenvalue weighted by molar-refractivity contribution is 0.0693. The van der Waals surface area contributed by atoms with Crippen LogP contribution in [-0.2, 0) is 23.6 Å². The molecule has 1 aromatic heterocycles. The summed E-state index contributed by atoms with van der Waals surface area (Å²) >= 11 is 0. The van der Waals surface area contributed by atoms with Crippen molar-refractivity contribution in [3.63, 3.8) is 0 Å². The summed E-state index contributed by atoms with van der Waals surface area (Å²) in [7, 11) is 0.698. The quantitative estimate of drug-likeness (QED) is 0.841. The van der Waals surface area contributed by atoms with E-state index < -0.39 is 16.0 Å². The van der Waals surface area contributed by atoms with E-state index in [-0.39, 0.29) is 22.8 Å². The molecule has 0 atom stereocenters. The Bertz CT molecular complexity index is 829. The Hall–Kier alpha value is -2.39. The van der Waals surface area contributed by atoms with Crippen molar-refractivity contribution in [2.45, 2.75) is 11.4 Å². The zero-order chi connectivity index (χ0) is 17.2. The van der Waals surface area contributed by atoms with E-state index in [0.717, 1.165) is 5.56 Å². The summed E-state index contributed by atoms with van der Waals surface area (Å²) in [6.45, 7) is 0.152. The molecular formula is C14H17N3O5S. The molecule has 0 amide bonds. The SMILES string of the molecule is COc1cc(S(=O)(=O)N(C)Cc2cnn(C)c2)ccc1C(=O)O. The molecule has 2 aromatic rings. The van der Waals surface area contributed by atoms with Gasteiger partial charge in [0.15, 0.2) is 0 Å². The summed E-state index contributed by atoms with van der Waals surface area (Å²) in [6, 6.07) is 3.67. The van der Waals surface area contributed by atoms with Crippen LogP contribution >= 0.6 is 0 Å². The van der Waals surface area contributed by atoms with Gasteiger partial charge in [0.05, 0.1) is 18.2 Å². The third-order valence-electron chi connectivity index (χ3n) is 3.28. The number of hydrogen-bond donors (Lipinski definition) is 1. The molecule has 0 aliphatic carbocycles. The van der Waals surface area contributed by atoms with Gasteiger partial charge in [-0.25, -0.2) is 13.2 Å². The minimum absolute atomic E-state index is 0.00615. The zero-order valence-electron chi connectivity index (χ0n) is 12.9. The lowest BCUT2D eigenvalue weighted by Crippen LogP contribution is -2.26. The van der Waals surface area contributed by atoms with Crippen LogP contribution in [0.1, 0.15) is 15.9 Å². The molecule has 0 fully saturated rings. The Morgan fingerprint density at radius 2 is 2.13 bits per heavy atom. The Morgan fingerprint density at radius 1 is 1.43 bits per heavy atom. The number of carboxylic acid groups (broad SMARTS) is 1. The van der Waals surface area contributed by atoms with Gasteiger partial charge in [-0.3, -0.25) is 4.68 Å². The van der Waals surface area contributed by atoms with Gasteiger partial charge in [-0.05, 0) is 12.1 Å². The summed E-state index contributed by atoms with van der Waals surface area (Å²) in [5.41, 5.74) is 0.647. The van der Waals surface area contributed by atoms with E-state index in [4.69, 9.17) is 9.84 Å². The van der Waals surface area contributed by atoms with Crippen LogP contribution < -0.4 is 4.74 Å². The molecule has 9 heteroatoms. The fourth-order valence-electron chi connectivity index (χ4n) is 2.08. The third kappa shape index (κ3) is 3.51. The topological polar surface area (TPSA) is 102 Å². The minimum atomic E-state index is -3.78. The average molecular weight is 339 g/mol. The molecular weight excluding hydrogens is 322 g/mol. The molecule has 0 saturated heterocycles. The molecule has 0 bridgehead atoms. The van der Waals surface area contributed by atoms with E-state index in [1.54, 1.807) is 24.1 Å². The molecule has 0 radical (unpaired) electrons. The van der Waals surface area contributed by atoms with Crippen LogP contribution in [0.5, 0.6) is 5.75 Å². The van der Waals surface area contributed by atoms with Crippen molar-refractivity contribution >= 4 is 16.0 Å². The first kappa shape index (κ1) is 17.0. The van der Waals surface area contributed by atoms with Crippen molar-refractivity contribution in [1.82, 2.24) is 14.1 Å². The van der Waals surface area contributed by atoms with Gasteiger partial charge in [0.25, 0.3) is 0 Å². The van der Waals surface area contributed by atoms with E-state index in [1.807, 2.05) is 0 Å². The Morgan fingerprint density at radius 3 is 2.65 bits per heavy atom. The average Bonchev–Trinajstić information content (AvgIpc) is 2.91. The van der Waals surface area contributed by atoms with E-state index in [9.17, 15) is 13.2 Å². The molecule has 0 unspecified atom stereocenters. The molecule has 124 valence electrons. The molecule has 1 aromatic carbocycles. The maximum Gasteiger partial charge on any atom is 0.339 e. The van der Waals surface area contributed by atoms with Gasteiger partial charge in [0.2, 0.25) is 10.0 Å². The fourth-order valence-corrected chi connectivity index (χ4v) is 3.26. The lowest BCUT2D eigenvalue weighted by atomic mass is 10.2. The Kier molecular flexibility index (Phi) is 4.71. The molecule has 23 heavy (non-hydrogen) atoms. The van der Waals surface area contributed by atoms with Crippen molar-refractivity contribution in [3.8, 4) is 5.75 Å². The zero-order valence-corrected chi connectivity index (χ0v) is 13.7. The fraction of sp³-hybridized carbons (Fsp3) is 0.286. The molecule has 0 saturated carbocycles. The number of aryl methyl sites for hydroxylation is 1. The molecule has 0 aliphatic rings. The van der Waals surface area contributed by atoms with Crippen LogP contribution in [0, 0.1) is 0 Å². The highest BCUT2D eigenvalue weighted by atomic mass is 32.2. The van der Waals surface area contributed by atoms with Crippen molar-refractivity contribution in [3.05, 3.63) is 41.7 Å². The van der Waals surface area contributed by atoms with Crippen molar-refractivity contribution in [1.29, 1.82) is 0 Å². The van der Waals surface area contributed by atoms with Gasteiger partial charge in [-0.2, -0.15) is 9.40 Å². The van der Waals surface area contributed by atoms with Crippen LogP contribution in [0.3, 0.4) is 0 Å². The molecule has 1 heterocycles. The first-order valence-corrected chi connectivity index (χ1v) is 8.05. The Balaban J connectivity index is 2.33. The number of aromatic nitrogens is 2. The van der Waals surface area contributed by atoms with E-state index in [0.29, 0.717) is 0 Å². The lowest BCUT2D eigenvalue weighted by Gasteiger charge is -2.17. The van der Waals surface area contributed by atoms with Crippen LogP contribution in [0.4, 0.5) is 0 Å². The highest BCUT2D eigenvalue weighted by Gasteiger charge is 2.24. The van der Waals surface area contributed by atoms with Gasteiger partial charge in [-0.1, -0.05) is 0 Å². The number of hydrogen-bond acceptors (Lipinski definition) is 5. The second-order valence-electron chi connectivity index (χ2n) is 4.95. The summed E-state index contributed by atoms with van der Waals surface area (Å²) in [5.74, 6) is -1.19. The van der Waals surface area contributed by atoms with Crippen molar-refractivity contribution in [2.75, 3.05) is 14.2 Å². The molecule has 0 aliphatic heterocycles. The van der Waals surface area contributed by atoms with Crippen LogP contribution in [0.25, 0.3) is 0 Å². The monoisotopic (exact) mass is 339 g/mol. The van der Waals surface area contributed by atoms with Gasteiger partial charge in [0, 0.05) is 38.5 Å². The number of methoxy groups -OCH3 is 1. The van der Waals surface area contributed by atoms with Gasteiger partial charge in [0.1, 0.15) is 11.3 Å². The summed E-state index contributed by atoms with van der Waals surface area (Å²) in [5, 5.41) is 13.0. The highest BCUT2D eigenvalue weighted by Crippen LogP contribution is 2.25.